The minimum atomic E-state index is -3.12. The van der Waals surface area contributed by atoms with Crippen LogP contribution in [0.1, 0.15) is 31.7 Å². The number of amides is 1. The van der Waals surface area contributed by atoms with Crippen LogP contribution in [0.2, 0.25) is 0 Å². The molecule has 0 saturated heterocycles. The Balaban J connectivity index is 2.65. The summed E-state index contributed by atoms with van der Waals surface area (Å²) in [6, 6.07) is 0. The molecule has 108 valence electrons. The zero-order chi connectivity index (χ0) is 14.5. The molecule has 19 heavy (non-hydrogen) atoms. The smallest absolute Gasteiger partial charge is 0.226 e. The number of rotatable bonds is 7. The van der Waals surface area contributed by atoms with Crippen LogP contribution in [-0.4, -0.2) is 36.1 Å². The van der Waals surface area contributed by atoms with E-state index in [9.17, 15) is 13.2 Å². The number of anilines is 1. The van der Waals surface area contributed by atoms with Gasteiger partial charge >= 0.3 is 0 Å². The molecule has 0 aliphatic rings. The number of aromatic nitrogens is 2. The first-order chi connectivity index (χ1) is 8.83. The second kappa shape index (κ2) is 6.70. The summed E-state index contributed by atoms with van der Waals surface area (Å²) < 4.78 is 23.8. The van der Waals surface area contributed by atoms with Crippen LogP contribution in [0.3, 0.4) is 0 Å². The van der Waals surface area contributed by atoms with E-state index in [0.29, 0.717) is 5.82 Å². The first-order valence-corrected chi connectivity index (χ1v) is 8.39. The number of hydrogen-bond donors (Lipinski definition) is 1. The van der Waals surface area contributed by atoms with E-state index in [1.807, 2.05) is 6.92 Å². The van der Waals surface area contributed by atoms with Gasteiger partial charge in [0.15, 0.2) is 0 Å². The lowest BCUT2D eigenvalue weighted by Crippen LogP contribution is -2.19. The number of unbranched alkanes of at least 4 members (excludes halogenated alkanes) is 1. The monoisotopic (exact) mass is 287 g/mol. The summed E-state index contributed by atoms with van der Waals surface area (Å²) in [5.41, 5.74) is 0.879. The molecule has 6 nitrogen and oxygen atoms in total. The zero-order valence-electron chi connectivity index (χ0n) is 11.6. The van der Waals surface area contributed by atoms with Crippen LogP contribution in [-0.2, 0) is 21.2 Å². The molecule has 0 radical (unpaired) electrons. The maximum absolute atomic E-state index is 11.7. The fourth-order valence-corrected chi connectivity index (χ4v) is 2.15. The third-order valence-electron chi connectivity index (χ3n) is 2.70. The van der Waals surface area contributed by atoms with Crippen LogP contribution in [0, 0.1) is 6.92 Å². The van der Waals surface area contributed by atoms with Crippen molar-refractivity contribution in [3.05, 3.63) is 11.8 Å². The molecule has 1 heterocycles. The van der Waals surface area contributed by atoms with Crippen LogP contribution in [0.5, 0.6) is 0 Å². The summed E-state index contributed by atoms with van der Waals surface area (Å²) in [5.74, 6) is 0.222. The summed E-state index contributed by atoms with van der Waals surface area (Å²) in [5, 5.41) is 6.94. The largest absolute Gasteiger partial charge is 0.311 e. The van der Waals surface area contributed by atoms with Gasteiger partial charge in [0, 0.05) is 24.8 Å². The topological polar surface area (TPSA) is 81.1 Å². The Labute approximate surface area is 114 Å². The Hall–Kier alpha value is -1.37. The molecule has 0 aliphatic heterocycles. The van der Waals surface area contributed by atoms with Gasteiger partial charge in [0.1, 0.15) is 15.7 Å². The Bertz CT molecular complexity index is 534. The third kappa shape index (κ3) is 5.42. The predicted octanol–water partition coefficient (Wildman–Crippen LogP) is 1.36. The maximum atomic E-state index is 11.7. The number of sulfone groups is 1. The first kappa shape index (κ1) is 15.7. The van der Waals surface area contributed by atoms with Crippen molar-refractivity contribution in [2.24, 2.45) is 0 Å². The molecule has 0 bridgehead atoms. The molecule has 0 saturated carbocycles. The fourth-order valence-electron chi connectivity index (χ4n) is 1.59. The van der Waals surface area contributed by atoms with Crippen molar-refractivity contribution >= 4 is 21.6 Å². The van der Waals surface area contributed by atoms with Gasteiger partial charge in [0.05, 0.1) is 11.9 Å². The summed E-state index contributed by atoms with van der Waals surface area (Å²) in [7, 11) is -3.12. The van der Waals surface area contributed by atoms with E-state index in [1.54, 1.807) is 10.9 Å². The van der Waals surface area contributed by atoms with E-state index < -0.39 is 9.84 Å². The fraction of sp³-hybridized carbons (Fsp3) is 0.667. The standard InChI is InChI=1S/C12H21N3O3S/c1-4-5-7-15-12(10(2)9-13-15)14-11(16)6-8-19(3,17)18/h9H,4-8H2,1-3H3,(H,14,16). The predicted molar refractivity (Wildman–Crippen MR) is 74.8 cm³/mol. The van der Waals surface area contributed by atoms with E-state index in [0.717, 1.165) is 31.2 Å². The average Bonchev–Trinajstić information content (AvgIpc) is 2.65. The molecule has 1 N–H and O–H groups in total. The number of nitrogens with zero attached hydrogens (tertiary/aromatic N) is 2. The molecule has 0 fully saturated rings. The molecule has 0 unspecified atom stereocenters. The highest BCUT2D eigenvalue weighted by molar-refractivity contribution is 7.90. The Morgan fingerprint density at radius 3 is 2.74 bits per heavy atom. The normalized spacial score (nSPS) is 11.5. The molecule has 1 rings (SSSR count). The molecule has 0 aliphatic carbocycles. The number of hydrogen-bond acceptors (Lipinski definition) is 4. The third-order valence-corrected chi connectivity index (χ3v) is 3.65. The van der Waals surface area contributed by atoms with Gasteiger partial charge in [-0.25, -0.2) is 13.1 Å². The van der Waals surface area contributed by atoms with Crippen molar-refractivity contribution in [3.8, 4) is 0 Å². The van der Waals surface area contributed by atoms with Crippen molar-refractivity contribution in [1.82, 2.24) is 9.78 Å². The van der Waals surface area contributed by atoms with E-state index in [-0.39, 0.29) is 18.1 Å². The highest BCUT2D eigenvalue weighted by Crippen LogP contribution is 2.15. The first-order valence-electron chi connectivity index (χ1n) is 6.33. The van der Waals surface area contributed by atoms with Crippen molar-refractivity contribution in [1.29, 1.82) is 0 Å². The van der Waals surface area contributed by atoms with Crippen LogP contribution in [0.4, 0.5) is 5.82 Å². The maximum Gasteiger partial charge on any atom is 0.226 e. The molecule has 0 spiro atoms. The van der Waals surface area contributed by atoms with E-state index >= 15 is 0 Å². The zero-order valence-corrected chi connectivity index (χ0v) is 12.5. The molecule has 1 aromatic heterocycles. The van der Waals surface area contributed by atoms with Crippen molar-refractivity contribution in [2.45, 2.75) is 39.7 Å². The number of nitrogens with one attached hydrogen (secondary N) is 1. The molecule has 1 amide bonds. The Morgan fingerprint density at radius 2 is 2.16 bits per heavy atom. The second-order valence-electron chi connectivity index (χ2n) is 4.68. The van der Waals surface area contributed by atoms with Crippen molar-refractivity contribution < 1.29 is 13.2 Å². The summed E-state index contributed by atoms with van der Waals surface area (Å²) in [6.07, 6.45) is 4.81. The lowest BCUT2D eigenvalue weighted by molar-refractivity contribution is -0.115. The molecular formula is C12H21N3O3S. The second-order valence-corrected chi connectivity index (χ2v) is 6.94. The highest BCUT2D eigenvalue weighted by Gasteiger charge is 2.12. The van der Waals surface area contributed by atoms with Gasteiger partial charge in [0.2, 0.25) is 5.91 Å². The average molecular weight is 287 g/mol. The van der Waals surface area contributed by atoms with Gasteiger partial charge in [-0.2, -0.15) is 5.10 Å². The molecule has 0 atom stereocenters. The number of aryl methyl sites for hydroxylation is 2. The number of carbonyl (C=O) groups is 1. The summed E-state index contributed by atoms with van der Waals surface area (Å²) in [6.45, 7) is 4.69. The van der Waals surface area contributed by atoms with Crippen molar-refractivity contribution in [3.63, 3.8) is 0 Å². The van der Waals surface area contributed by atoms with Gasteiger partial charge in [0.25, 0.3) is 0 Å². The lowest BCUT2D eigenvalue weighted by atomic mass is 10.3. The quantitative estimate of drug-likeness (QED) is 0.821. The van der Waals surface area contributed by atoms with Crippen LogP contribution in [0.15, 0.2) is 6.20 Å². The van der Waals surface area contributed by atoms with E-state index in [2.05, 4.69) is 17.3 Å². The number of carbonyl (C=O) groups excluding carboxylic acids is 1. The minimum Gasteiger partial charge on any atom is -0.311 e. The van der Waals surface area contributed by atoms with Gasteiger partial charge in [-0.3, -0.25) is 4.79 Å². The molecule has 7 heteroatoms. The summed E-state index contributed by atoms with van der Waals surface area (Å²) in [4.78, 5) is 11.7. The minimum absolute atomic E-state index is 0.0305. The van der Waals surface area contributed by atoms with Crippen LogP contribution in [0.25, 0.3) is 0 Å². The van der Waals surface area contributed by atoms with Gasteiger partial charge < -0.3 is 5.32 Å². The van der Waals surface area contributed by atoms with Crippen LogP contribution >= 0.6 is 0 Å². The summed E-state index contributed by atoms with van der Waals surface area (Å²) >= 11 is 0. The van der Waals surface area contributed by atoms with E-state index in [1.165, 1.54) is 0 Å². The van der Waals surface area contributed by atoms with Gasteiger partial charge in [-0.1, -0.05) is 13.3 Å². The molecule has 0 aromatic carbocycles. The lowest BCUT2D eigenvalue weighted by Gasteiger charge is -2.09. The van der Waals surface area contributed by atoms with E-state index in [4.69, 9.17) is 0 Å². The molecule has 1 aromatic rings. The highest BCUT2D eigenvalue weighted by atomic mass is 32.2. The SMILES string of the molecule is CCCCn1ncc(C)c1NC(=O)CCS(C)(=O)=O. The Morgan fingerprint density at radius 1 is 1.47 bits per heavy atom. The van der Waals surface area contributed by atoms with Gasteiger partial charge in [-0.05, 0) is 13.3 Å². The van der Waals surface area contributed by atoms with Crippen molar-refractivity contribution in [2.75, 3.05) is 17.3 Å². The molecular weight excluding hydrogens is 266 g/mol. The van der Waals surface area contributed by atoms with Crippen LogP contribution < -0.4 is 5.32 Å². The Kier molecular flexibility index (Phi) is 5.53. The van der Waals surface area contributed by atoms with Gasteiger partial charge in [-0.15, -0.1) is 0 Å².